The molecule has 0 aliphatic rings. The van der Waals surface area contributed by atoms with E-state index in [1.807, 2.05) is 13.8 Å². The number of hydrazine groups is 1. The molecule has 1 rings (SSSR count). The van der Waals surface area contributed by atoms with E-state index in [-0.39, 0.29) is 11.9 Å². The van der Waals surface area contributed by atoms with Gasteiger partial charge in [0.1, 0.15) is 11.9 Å². The van der Waals surface area contributed by atoms with Gasteiger partial charge in [-0.05, 0) is 28.8 Å². The lowest BCUT2D eigenvalue weighted by molar-refractivity contribution is -0.121. The number of rotatable bonds is 6. The number of aromatic nitrogens is 2. The molecule has 0 saturated carbocycles. The van der Waals surface area contributed by atoms with Gasteiger partial charge in [-0.25, -0.2) is 10.8 Å². The number of nitrogen functional groups attached to an aromatic ring is 1. The summed E-state index contributed by atoms with van der Waals surface area (Å²) in [5.74, 6) is 6.36. The Hall–Kier alpha value is -1.41. The lowest BCUT2D eigenvalue weighted by Crippen LogP contribution is -2.39. The summed E-state index contributed by atoms with van der Waals surface area (Å²) in [6.07, 6.45) is 1.56. The summed E-state index contributed by atoms with van der Waals surface area (Å²) in [5, 5.41) is 5.85. The lowest BCUT2D eigenvalue weighted by Gasteiger charge is -2.16. The number of halogens is 1. The predicted octanol–water partition coefficient (Wildman–Crippen LogP) is 1.10. The van der Waals surface area contributed by atoms with Crippen molar-refractivity contribution in [2.45, 2.75) is 26.8 Å². The third-order valence-corrected chi connectivity index (χ3v) is 2.88. The first kappa shape index (κ1) is 15.6. The highest BCUT2D eigenvalue weighted by molar-refractivity contribution is 9.10. The van der Waals surface area contributed by atoms with E-state index in [1.54, 1.807) is 13.1 Å². The molecule has 0 fully saturated rings. The topological polar surface area (TPSA) is 105 Å². The number of anilines is 2. The maximum absolute atomic E-state index is 11.8. The van der Waals surface area contributed by atoms with Crippen LogP contribution in [0.4, 0.5) is 11.8 Å². The molecule has 0 radical (unpaired) electrons. The highest BCUT2D eigenvalue weighted by atomic mass is 79.9. The average molecular weight is 331 g/mol. The molecule has 7 nitrogen and oxygen atoms in total. The van der Waals surface area contributed by atoms with Crippen molar-refractivity contribution < 1.29 is 4.79 Å². The minimum absolute atomic E-state index is 0.0820. The van der Waals surface area contributed by atoms with Crippen molar-refractivity contribution in [2.75, 3.05) is 17.3 Å². The van der Waals surface area contributed by atoms with E-state index < -0.39 is 6.04 Å². The second kappa shape index (κ2) is 7.25. The van der Waals surface area contributed by atoms with Crippen molar-refractivity contribution in [1.82, 2.24) is 15.3 Å². The molecule has 5 N–H and O–H groups in total. The van der Waals surface area contributed by atoms with Crippen LogP contribution >= 0.6 is 15.9 Å². The molecular weight excluding hydrogens is 312 g/mol. The second-order valence-corrected chi connectivity index (χ2v) is 5.39. The Bertz CT molecular complexity index is 439. The zero-order valence-electron chi connectivity index (χ0n) is 11.2. The fourth-order valence-corrected chi connectivity index (χ4v) is 1.57. The van der Waals surface area contributed by atoms with Gasteiger partial charge in [-0.3, -0.25) is 10.2 Å². The Balaban J connectivity index is 2.65. The Morgan fingerprint density at radius 3 is 2.74 bits per heavy atom. The first-order valence-electron chi connectivity index (χ1n) is 5.97. The molecule has 0 aromatic carbocycles. The third-order valence-electron chi connectivity index (χ3n) is 2.30. The second-order valence-electron chi connectivity index (χ2n) is 4.54. The summed E-state index contributed by atoms with van der Waals surface area (Å²) in [6, 6.07) is -0.407. The molecule has 0 saturated heterocycles. The number of nitrogens with zero attached hydrogens (tertiary/aromatic N) is 2. The Morgan fingerprint density at radius 1 is 1.47 bits per heavy atom. The van der Waals surface area contributed by atoms with Crippen LogP contribution in [0.2, 0.25) is 0 Å². The largest absolute Gasteiger partial charge is 0.358 e. The van der Waals surface area contributed by atoms with Gasteiger partial charge in [-0.15, -0.1) is 0 Å². The van der Waals surface area contributed by atoms with Crippen LogP contribution in [0.1, 0.15) is 20.8 Å². The standard InChI is InChI=1S/C11H19BrN6O/c1-6(2)4-14-10(19)7(3)16-9-8(12)5-15-11(17-9)18-13/h5-7H,4,13H2,1-3H3,(H,14,19)(H2,15,16,17,18). The molecule has 0 bridgehead atoms. The van der Waals surface area contributed by atoms with Crippen LogP contribution in [0.15, 0.2) is 10.7 Å². The van der Waals surface area contributed by atoms with Gasteiger partial charge in [-0.1, -0.05) is 13.8 Å². The zero-order chi connectivity index (χ0) is 14.4. The summed E-state index contributed by atoms with van der Waals surface area (Å²) in [6.45, 7) is 6.49. The highest BCUT2D eigenvalue weighted by Gasteiger charge is 2.15. The van der Waals surface area contributed by atoms with Gasteiger partial charge in [0.15, 0.2) is 0 Å². The molecular formula is C11H19BrN6O. The zero-order valence-corrected chi connectivity index (χ0v) is 12.8. The molecule has 19 heavy (non-hydrogen) atoms. The van der Waals surface area contributed by atoms with Crippen molar-refractivity contribution in [3.05, 3.63) is 10.7 Å². The molecule has 0 aliphatic carbocycles. The van der Waals surface area contributed by atoms with Crippen LogP contribution in [0.5, 0.6) is 0 Å². The minimum atomic E-state index is -0.407. The van der Waals surface area contributed by atoms with E-state index in [0.29, 0.717) is 22.8 Å². The van der Waals surface area contributed by atoms with E-state index in [0.717, 1.165) is 0 Å². The summed E-state index contributed by atoms with van der Waals surface area (Å²) < 4.78 is 0.662. The van der Waals surface area contributed by atoms with Crippen LogP contribution in [-0.4, -0.2) is 28.5 Å². The quantitative estimate of drug-likeness (QED) is 0.460. The van der Waals surface area contributed by atoms with E-state index in [9.17, 15) is 4.79 Å². The number of carbonyl (C=O) groups excluding carboxylic acids is 1. The third kappa shape index (κ3) is 4.99. The van der Waals surface area contributed by atoms with Crippen LogP contribution in [0, 0.1) is 5.92 Å². The van der Waals surface area contributed by atoms with Gasteiger partial charge in [0, 0.05) is 12.7 Å². The van der Waals surface area contributed by atoms with Crippen molar-refractivity contribution in [3.8, 4) is 0 Å². The average Bonchev–Trinajstić information content (AvgIpc) is 2.38. The van der Waals surface area contributed by atoms with E-state index in [2.05, 4.69) is 42.0 Å². The van der Waals surface area contributed by atoms with Crippen LogP contribution in [0.3, 0.4) is 0 Å². The molecule has 0 aliphatic heterocycles. The highest BCUT2D eigenvalue weighted by Crippen LogP contribution is 2.20. The number of carbonyl (C=O) groups is 1. The molecule has 1 amide bonds. The van der Waals surface area contributed by atoms with Crippen LogP contribution in [0.25, 0.3) is 0 Å². The molecule has 1 unspecified atom stereocenters. The first-order chi connectivity index (χ1) is 8.93. The van der Waals surface area contributed by atoms with Crippen molar-refractivity contribution in [3.63, 3.8) is 0 Å². The summed E-state index contributed by atoms with van der Waals surface area (Å²) in [7, 11) is 0. The SMILES string of the molecule is CC(C)CNC(=O)C(C)Nc1nc(NN)ncc1Br. The number of nitrogens with two attached hydrogens (primary N) is 1. The fraction of sp³-hybridized carbons (Fsp3) is 0.545. The molecule has 0 spiro atoms. The van der Waals surface area contributed by atoms with E-state index in [1.165, 1.54) is 0 Å². The summed E-state index contributed by atoms with van der Waals surface area (Å²) >= 11 is 3.31. The van der Waals surface area contributed by atoms with Gasteiger partial charge in [0.05, 0.1) is 4.47 Å². The molecule has 1 heterocycles. The Kier molecular flexibility index (Phi) is 5.97. The number of hydrogen-bond acceptors (Lipinski definition) is 6. The van der Waals surface area contributed by atoms with Gasteiger partial charge in [0.25, 0.3) is 0 Å². The normalized spacial score (nSPS) is 12.1. The number of amides is 1. The monoisotopic (exact) mass is 330 g/mol. The van der Waals surface area contributed by atoms with Gasteiger partial charge < -0.3 is 10.6 Å². The first-order valence-corrected chi connectivity index (χ1v) is 6.76. The van der Waals surface area contributed by atoms with Crippen LogP contribution in [-0.2, 0) is 4.79 Å². The van der Waals surface area contributed by atoms with E-state index in [4.69, 9.17) is 5.84 Å². The van der Waals surface area contributed by atoms with Gasteiger partial charge in [-0.2, -0.15) is 4.98 Å². The van der Waals surface area contributed by atoms with E-state index >= 15 is 0 Å². The maximum atomic E-state index is 11.8. The smallest absolute Gasteiger partial charge is 0.242 e. The van der Waals surface area contributed by atoms with Gasteiger partial charge >= 0.3 is 0 Å². The predicted molar refractivity (Wildman–Crippen MR) is 78.5 cm³/mol. The number of hydrogen-bond donors (Lipinski definition) is 4. The Morgan fingerprint density at radius 2 is 2.16 bits per heavy atom. The number of nitrogens with one attached hydrogen (secondary N) is 3. The molecule has 1 aromatic heterocycles. The Labute approximate surface area is 120 Å². The van der Waals surface area contributed by atoms with Gasteiger partial charge in [0.2, 0.25) is 11.9 Å². The minimum Gasteiger partial charge on any atom is -0.358 e. The molecule has 1 aromatic rings. The lowest BCUT2D eigenvalue weighted by atomic mass is 10.2. The summed E-state index contributed by atoms with van der Waals surface area (Å²) in [4.78, 5) is 19.9. The molecule has 1 atom stereocenters. The van der Waals surface area contributed by atoms with Crippen molar-refractivity contribution in [1.29, 1.82) is 0 Å². The molecule has 8 heteroatoms. The maximum Gasteiger partial charge on any atom is 0.242 e. The van der Waals surface area contributed by atoms with Crippen molar-refractivity contribution >= 4 is 33.6 Å². The van der Waals surface area contributed by atoms with Crippen LogP contribution < -0.4 is 21.9 Å². The van der Waals surface area contributed by atoms with Crippen molar-refractivity contribution in [2.24, 2.45) is 11.8 Å². The fourth-order valence-electron chi connectivity index (χ4n) is 1.27. The summed E-state index contributed by atoms with van der Waals surface area (Å²) in [5.41, 5.74) is 2.35. The molecule has 106 valence electrons.